The zero-order valence-corrected chi connectivity index (χ0v) is 27.7. The lowest BCUT2D eigenvalue weighted by Crippen LogP contribution is -2.56. The second kappa shape index (κ2) is 14.9. The van der Waals surface area contributed by atoms with E-state index >= 15 is 0 Å². The summed E-state index contributed by atoms with van der Waals surface area (Å²) in [6, 6.07) is 23.4. The Balaban J connectivity index is 1.29. The van der Waals surface area contributed by atoms with Crippen molar-refractivity contribution < 1.29 is 46.9 Å². The maximum atomic E-state index is 13.7. The quantitative estimate of drug-likeness (QED) is 0.177. The van der Waals surface area contributed by atoms with Gasteiger partial charge in [-0.1, -0.05) is 48.5 Å². The molecule has 0 saturated carbocycles. The van der Waals surface area contributed by atoms with E-state index in [4.69, 9.17) is 14.2 Å². The molecule has 1 heterocycles. The first kappa shape index (κ1) is 35.8. The Morgan fingerprint density at radius 1 is 0.840 bits per heavy atom. The fourth-order valence-electron chi connectivity index (χ4n) is 5.39. The van der Waals surface area contributed by atoms with Gasteiger partial charge in [0, 0.05) is 12.8 Å². The molecule has 4 aromatic rings. The summed E-state index contributed by atoms with van der Waals surface area (Å²) in [5, 5.41) is 12.6. The number of hydrogen-bond donors (Lipinski definition) is 2. The van der Waals surface area contributed by atoms with Gasteiger partial charge >= 0.3 is 18.2 Å². The molecule has 12 heteroatoms. The van der Waals surface area contributed by atoms with Gasteiger partial charge in [-0.05, 0) is 91.6 Å². The lowest BCUT2D eigenvalue weighted by molar-refractivity contribution is -0.142. The molecule has 0 aromatic heterocycles. The van der Waals surface area contributed by atoms with Gasteiger partial charge in [-0.25, -0.2) is 9.59 Å². The molecule has 1 aliphatic rings. The second-order valence-electron chi connectivity index (χ2n) is 12.9. The van der Waals surface area contributed by atoms with Gasteiger partial charge < -0.3 is 24.6 Å². The molecule has 0 fully saturated rings. The second-order valence-corrected chi connectivity index (χ2v) is 12.9. The molecule has 1 aliphatic heterocycles. The zero-order valence-electron chi connectivity index (χ0n) is 27.7. The molecule has 0 spiro atoms. The molecule has 2 atom stereocenters. The highest BCUT2D eigenvalue weighted by Crippen LogP contribution is 2.33. The normalized spacial score (nSPS) is 15.0. The van der Waals surface area contributed by atoms with Crippen LogP contribution in [0.3, 0.4) is 0 Å². The van der Waals surface area contributed by atoms with Crippen LogP contribution in [0, 0.1) is 0 Å². The highest BCUT2D eigenvalue weighted by molar-refractivity contribution is 5.90. The Labute approximate surface area is 287 Å². The van der Waals surface area contributed by atoms with Crippen LogP contribution in [0.15, 0.2) is 97.1 Å². The van der Waals surface area contributed by atoms with Crippen LogP contribution in [-0.2, 0) is 46.5 Å². The number of carbonyl (C=O) groups excluding carboxylic acids is 2. The molecule has 2 N–H and O–H groups in total. The largest absolute Gasteiger partial charge is 0.489 e. The molecule has 0 radical (unpaired) electrons. The average Bonchev–Trinajstić information content (AvgIpc) is 3.06. The summed E-state index contributed by atoms with van der Waals surface area (Å²) in [7, 11) is 0. The molecule has 0 unspecified atom stereocenters. The molecule has 5 rings (SSSR count). The molecule has 50 heavy (non-hydrogen) atoms. The maximum absolute atomic E-state index is 13.7. The number of aliphatic carboxylic acids is 1. The van der Waals surface area contributed by atoms with E-state index < -0.39 is 47.4 Å². The lowest BCUT2D eigenvalue weighted by atomic mass is 9.93. The van der Waals surface area contributed by atoms with Gasteiger partial charge in [-0.3, -0.25) is 9.69 Å². The van der Waals surface area contributed by atoms with Crippen LogP contribution in [0.25, 0.3) is 0 Å². The van der Waals surface area contributed by atoms with Crippen molar-refractivity contribution in [2.45, 2.75) is 70.6 Å². The van der Waals surface area contributed by atoms with Crippen LogP contribution in [0.2, 0.25) is 0 Å². The Morgan fingerprint density at radius 3 is 2.10 bits per heavy atom. The number of amides is 2. The molecular weight excluding hydrogens is 653 g/mol. The summed E-state index contributed by atoms with van der Waals surface area (Å²) >= 11 is 0. The summed E-state index contributed by atoms with van der Waals surface area (Å²) < 4.78 is 56.1. The third-order valence-corrected chi connectivity index (χ3v) is 7.88. The smallest absolute Gasteiger partial charge is 0.416 e. The van der Waals surface area contributed by atoms with Crippen LogP contribution >= 0.6 is 0 Å². The van der Waals surface area contributed by atoms with Gasteiger partial charge in [0.1, 0.15) is 41.5 Å². The number of carboxylic acids is 1. The Kier molecular flexibility index (Phi) is 10.7. The van der Waals surface area contributed by atoms with Crippen molar-refractivity contribution in [1.29, 1.82) is 0 Å². The van der Waals surface area contributed by atoms with Crippen molar-refractivity contribution in [2.75, 3.05) is 0 Å². The summed E-state index contributed by atoms with van der Waals surface area (Å²) in [5.41, 5.74) is 1.31. The first-order valence-corrected chi connectivity index (χ1v) is 15.9. The van der Waals surface area contributed by atoms with Crippen molar-refractivity contribution in [3.05, 3.63) is 125 Å². The predicted molar refractivity (Wildman–Crippen MR) is 178 cm³/mol. The molecule has 9 nitrogen and oxygen atoms in total. The number of nitrogens with one attached hydrogen (secondary N) is 1. The minimum Gasteiger partial charge on any atom is -0.489 e. The third-order valence-electron chi connectivity index (χ3n) is 7.88. The van der Waals surface area contributed by atoms with Crippen molar-refractivity contribution >= 4 is 18.0 Å². The van der Waals surface area contributed by atoms with Crippen LogP contribution in [0.4, 0.5) is 18.0 Å². The molecule has 262 valence electrons. The van der Waals surface area contributed by atoms with Gasteiger partial charge in [-0.15, -0.1) is 0 Å². The number of nitrogens with zero attached hydrogens (tertiary/aromatic N) is 1. The number of fused-ring (bicyclic) bond motifs is 1. The fourth-order valence-corrected chi connectivity index (χ4v) is 5.39. The van der Waals surface area contributed by atoms with Gasteiger partial charge in [0.2, 0.25) is 5.91 Å². The first-order valence-electron chi connectivity index (χ1n) is 15.9. The van der Waals surface area contributed by atoms with Gasteiger partial charge in [0.05, 0.1) is 12.1 Å². The molecule has 0 saturated heterocycles. The number of alkyl halides is 3. The van der Waals surface area contributed by atoms with Crippen LogP contribution in [0.5, 0.6) is 17.2 Å². The summed E-state index contributed by atoms with van der Waals surface area (Å²) in [5.74, 6) is -0.799. The highest BCUT2D eigenvalue weighted by atomic mass is 19.4. The number of hydrogen-bond acceptors (Lipinski definition) is 6. The standard InChI is InChI=1S/C38H37F3N2O7/c1-37(2,3)50-36(47)43-22-27-20-31(49-30-17-12-28(13-18-30)38(39,40)41)16-11-26(27)21-33(43)34(44)42-32(35(45)46)19-24-9-14-29(15-10-24)48-23-25-7-5-4-6-8-25/h4-18,20,32-33H,19,21-23H2,1-3H3,(H,42,44)(H,45,46)/t32-,33-/m0/s1. The van der Waals surface area contributed by atoms with Gasteiger partial charge in [-0.2, -0.15) is 13.2 Å². The number of carboxylic acid groups (broad SMARTS) is 1. The Morgan fingerprint density at radius 2 is 1.48 bits per heavy atom. The SMILES string of the molecule is CC(C)(C)OC(=O)N1Cc2cc(Oc3ccc(C(F)(F)F)cc3)ccc2C[C@H]1C(=O)N[C@@H](Cc1ccc(OCc2ccccc2)cc1)C(=O)O. The van der Waals surface area contributed by atoms with E-state index in [2.05, 4.69) is 5.32 Å². The summed E-state index contributed by atoms with van der Waals surface area (Å²) in [6.45, 7) is 5.37. The minimum atomic E-state index is -4.48. The molecule has 4 aromatic carbocycles. The van der Waals surface area contributed by atoms with E-state index in [1.165, 1.54) is 17.0 Å². The number of ether oxygens (including phenoxy) is 3. The van der Waals surface area contributed by atoms with Crippen LogP contribution in [0.1, 0.15) is 48.6 Å². The number of benzene rings is 4. The van der Waals surface area contributed by atoms with Crippen LogP contribution < -0.4 is 14.8 Å². The number of halogens is 3. The van der Waals surface area contributed by atoms with Crippen molar-refractivity contribution in [3.63, 3.8) is 0 Å². The monoisotopic (exact) mass is 690 g/mol. The summed E-state index contributed by atoms with van der Waals surface area (Å²) in [4.78, 5) is 40.6. The molecular formula is C38H37F3N2O7. The molecule has 0 aliphatic carbocycles. The third kappa shape index (κ3) is 9.55. The van der Waals surface area contributed by atoms with Gasteiger partial charge in [0.15, 0.2) is 0 Å². The average molecular weight is 691 g/mol. The van der Waals surface area contributed by atoms with E-state index in [9.17, 15) is 32.7 Å². The minimum absolute atomic E-state index is 0.0135. The molecule has 2 amide bonds. The maximum Gasteiger partial charge on any atom is 0.416 e. The van der Waals surface area contributed by atoms with Crippen molar-refractivity contribution in [2.24, 2.45) is 0 Å². The van der Waals surface area contributed by atoms with Crippen molar-refractivity contribution in [3.8, 4) is 17.2 Å². The molecule has 0 bridgehead atoms. The van der Waals surface area contributed by atoms with E-state index in [1.54, 1.807) is 63.2 Å². The predicted octanol–water partition coefficient (Wildman–Crippen LogP) is 7.55. The van der Waals surface area contributed by atoms with Gasteiger partial charge in [0.25, 0.3) is 0 Å². The Hall–Kier alpha value is -5.52. The first-order chi connectivity index (χ1) is 23.6. The van der Waals surface area contributed by atoms with Crippen molar-refractivity contribution in [1.82, 2.24) is 10.2 Å². The highest BCUT2D eigenvalue weighted by Gasteiger charge is 2.38. The van der Waals surface area contributed by atoms with E-state index in [-0.39, 0.29) is 25.1 Å². The topological polar surface area (TPSA) is 114 Å². The van der Waals surface area contributed by atoms with E-state index in [0.29, 0.717) is 34.8 Å². The fraction of sp³-hybridized carbons (Fsp3) is 0.289. The number of rotatable bonds is 10. The zero-order chi connectivity index (χ0) is 36.1. The number of carbonyl (C=O) groups is 3. The Bertz CT molecular complexity index is 1810. The van der Waals surface area contributed by atoms with Crippen LogP contribution in [-0.4, -0.2) is 45.7 Å². The lowest BCUT2D eigenvalue weighted by Gasteiger charge is -2.37. The van der Waals surface area contributed by atoms with E-state index in [1.807, 2.05) is 30.3 Å². The summed E-state index contributed by atoms with van der Waals surface area (Å²) in [6.07, 6.45) is -5.20. The van der Waals surface area contributed by atoms with E-state index in [0.717, 1.165) is 17.7 Å².